The molecule has 0 aliphatic heterocycles. The predicted molar refractivity (Wildman–Crippen MR) is 83.2 cm³/mol. The summed E-state index contributed by atoms with van der Waals surface area (Å²) >= 11 is 12.0. The van der Waals surface area contributed by atoms with Gasteiger partial charge < -0.3 is 5.32 Å². The van der Waals surface area contributed by atoms with Crippen LogP contribution in [0.5, 0.6) is 0 Å². The van der Waals surface area contributed by atoms with Gasteiger partial charge in [0.05, 0.1) is 12.5 Å². The number of hydrogen-bond acceptors (Lipinski definition) is 1. The second-order valence-electron chi connectivity index (χ2n) is 4.62. The summed E-state index contributed by atoms with van der Waals surface area (Å²) in [4.78, 5) is 12.0. The van der Waals surface area contributed by atoms with E-state index in [2.05, 4.69) is 5.32 Å². The highest BCUT2D eigenvalue weighted by Gasteiger charge is 2.13. The summed E-state index contributed by atoms with van der Waals surface area (Å²) in [5, 5.41) is 4.08. The first kappa shape index (κ1) is 14.9. The number of rotatable bonds is 4. The SMILES string of the molecule is C[C@H](NC(=O)Cc1ccccc1)c1ccc(Cl)cc1Cl. The second-order valence-corrected chi connectivity index (χ2v) is 5.46. The zero-order valence-electron chi connectivity index (χ0n) is 11.1. The summed E-state index contributed by atoms with van der Waals surface area (Å²) in [5.41, 5.74) is 1.84. The number of hydrogen-bond donors (Lipinski definition) is 1. The van der Waals surface area contributed by atoms with E-state index in [9.17, 15) is 4.79 Å². The van der Waals surface area contributed by atoms with Gasteiger partial charge in [-0.3, -0.25) is 4.79 Å². The van der Waals surface area contributed by atoms with Crippen molar-refractivity contribution in [2.45, 2.75) is 19.4 Å². The predicted octanol–water partition coefficient (Wildman–Crippen LogP) is 4.41. The van der Waals surface area contributed by atoms with Gasteiger partial charge in [-0.25, -0.2) is 0 Å². The Hall–Kier alpha value is -1.51. The third-order valence-corrected chi connectivity index (χ3v) is 3.58. The van der Waals surface area contributed by atoms with E-state index in [-0.39, 0.29) is 11.9 Å². The minimum absolute atomic E-state index is 0.0327. The lowest BCUT2D eigenvalue weighted by molar-refractivity contribution is -0.121. The Balaban J connectivity index is 2.00. The lowest BCUT2D eigenvalue weighted by atomic mass is 10.1. The van der Waals surface area contributed by atoms with Crippen molar-refractivity contribution in [3.8, 4) is 0 Å². The van der Waals surface area contributed by atoms with Gasteiger partial charge in [-0.2, -0.15) is 0 Å². The Morgan fingerprint density at radius 1 is 1.15 bits per heavy atom. The Kier molecular flexibility index (Phi) is 5.05. The van der Waals surface area contributed by atoms with Crippen LogP contribution in [-0.2, 0) is 11.2 Å². The molecule has 0 unspecified atom stereocenters. The van der Waals surface area contributed by atoms with Gasteiger partial charge in [-0.15, -0.1) is 0 Å². The highest BCUT2D eigenvalue weighted by molar-refractivity contribution is 6.35. The molecular weight excluding hydrogens is 293 g/mol. The van der Waals surface area contributed by atoms with E-state index in [0.29, 0.717) is 16.5 Å². The first-order chi connectivity index (χ1) is 9.56. The molecule has 0 saturated heterocycles. The lowest BCUT2D eigenvalue weighted by Crippen LogP contribution is -2.28. The van der Waals surface area contributed by atoms with Crippen molar-refractivity contribution in [1.29, 1.82) is 0 Å². The molecule has 2 rings (SSSR count). The van der Waals surface area contributed by atoms with Gasteiger partial charge in [0.15, 0.2) is 0 Å². The summed E-state index contributed by atoms with van der Waals surface area (Å²) in [6.45, 7) is 1.90. The van der Waals surface area contributed by atoms with Crippen LogP contribution in [0.15, 0.2) is 48.5 Å². The Labute approximate surface area is 128 Å². The molecule has 0 spiro atoms. The Bertz CT molecular complexity index is 599. The normalized spacial score (nSPS) is 11.9. The first-order valence-corrected chi connectivity index (χ1v) is 7.10. The number of benzene rings is 2. The largest absolute Gasteiger partial charge is 0.349 e. The molecule has 1 amide bonds. The molecule has 0 saturated carbocycles. The molecule has 0 aromatic heterocycles. The summed E-state index contributed by atoms with van der Waals surface area (Å²) in [7, 11) is 0. The van der Waals surface area contributed by atoms with Crippen molar-refractivity contribution in [3.63, 3.8) is 0 Å². The Morgan fingerprint density at radius 3 is 2.50 bits per heavy atom. The fraction of sp³-hybridized carbons (Fsp3) is 0.188. The molecule has 0 fully saturated rings. The molecule has 2 aromatic rings. The van der Waals surface area contributed by atoms with Gasteiger partial charge in [0, 0.05) is 10.0 Å². The quantitative estimate of drug-likeness (QED) is 0.890. The number of nitrogens with one attached hydrogen (secondary N) is 1. The minimum Gasteiger partial charge on any atom is -0.349 e. The summed E-state index contributed by atoms with van der Waals surface area (Å²) in [6.07, 6.45) is 0.358. The fourth-order valence-electron chi connectivity index (χ4n) is 2.00. The fourth-order valence-corrected chi connectivity index (χ4v) is 2.58. The average Bonchev–Trinajstić information content (AvgIpc) is 2.39. The Morgan fingerprint density at radius 2 is 1.85 bits per heavy atom. The highest BCUT2D eigenvalue weighted by atomic mass is 35.5. The monoisotopic (exact) mass is 307 g/mol. The van der Waals surface area contributed by atoms with Gasteiger partial charge in [-0.05, 0) is 30.2 Å². The molecule has 0 radical (unpaired) electrons. The van der Waals surface area contributed by atoms with Gasteiger partial charge >= 0.3 is 0 Å². The van der Waals surface area contributed by atoms with Crippen molar-refractivity contribution >= 4 is 29.1 Å². The molecule has 2 aromatic carbocycles. The molecule has 1 atom stereocenters. The van der Waals surface area contributed by atoms with Gasteiger partial charge in [0.25, 0.3) is 0 Å². The average molecular weight is 308 g/mol. The van der Waals surface area contributed by atoms with Crippen LogP contribution in [0.4, 0.5) is 0 Å². The van der Waals surface area contributed by atoms with E-state index in [1.165, 1.54) is 0 Å². The summed E-state index contributed by atoms with van der Waals surface area (Å²) in [6, 6.07) is 14.7. The maximum Gasteiger partial charge on any atom is 0.224 e. The molecule has 20 heavy (non-hydrogen) atoms. The van der Waals surface area contributed by atoms with Crippen molar-refractivity contribution in [2.75, 3.05) is 0 Å². The number of halogens is 2. The van der Waals surface area contributed by atoms with Crippen LogP contribution in [0.2, 0.25) is 10.0 Å². The summed E-state index contributed by atoms with van der Waals surface area (Å²) < 4.78 is 0. The third-order valence-electron chi connectivity index (χ3n) is 3.01. The summed E-state index contributed by atoms with van der Waals surface area (Å²) in [5.74, 6) is -0.0327. The van der Waals surface area contributed by atoms with Gasteiger partial charge in [0.1, 0.15) is 0 Å². The smallest absolute Gasteiger partial charge is 0.224 e. The van der Waals surface area contributed by atoms with Crippen LogP contribution in [0, 0.1) is 0 Å². The van der Waals surface area contributed by atoms with E-state index in [4.69, 9.17) is 23.2 Å². The standard InChI is InChI=1S/C16H15Cl2NO/c1-11(14-8-7-13(17)10-15(14)18)19-16(20)9-12-5-3-2-4-6-12/h2-8,10-11H,9H2,1H3,(H,19,20)/t11-/m0/s1. The maximum absolute atomic E-state index is 12.0. The zero-order chi connectivity index (χ0) is 14.5. The lowest BCUT2D eigenvalue weighted by Gasteiger charge is -2.16. The number of amides is 1. The van der Waals surface area contributed by atoms with E-state index >= 15 is 0 Å². The van der Waals surface area contributed by atoms with Crippen molar-refractivity contribution in [2.24, 2.45) is 0 Å². The molecule has 1 N–H and O–H groups in total. The van der Waals surface area contributed by atoms with E-state index in [0.717, 1.165) is 11.1 Å². The van der Waals surface area contributed by atoms with E-state index < -0.39 is 0 Å². The maximum atomic E-state index is 12.0. The highest BCUT2D eigenvalue weighted by Crippen LogP contribution is 2.26. The molecule has 4 heteroatoms. The molecule has 0 aliphatic rings. The van der Waals surface area contributed by atoms with Crippen LogP contribution in [0.25, 0.3) is 0 Å². The number of carbonyl (C=O) groups excluding carboxylic acids is 1. The molecule has 0 heterocycles. The molecule has 0 bridgehead atoms. The van der Waals surface area contributed by atoms with Crippen LogP contribution < -0.4 is 5.32 Å². The third kappa shape index (κ3) is 3.99. The topological polar surface area (TPSA) is 29.1 Å². The molecule has 104 valence electrons. The van der Waals surface area contributed by atoms with Gasteiger partial charge in [0.2, 0.25) is 5.91 Å². The van der Waals surface area contributed by atoms with Crippen LogP contribution >= 0.6 is 23.2 Å². The zero-order valence-corrected chi connectivity index (χ0v) is 12.6. The van der Waals surface area contributed by atoms with Crippen LogP contribution in [-0.4, -0.2) is 5.91 Å². The van der Waals surface area contributed by atoms with Crippen LogP contribution in [0.3, 0.4) is 0 Å². The molecule has 0 aliphatic carbocycles. The van der Waals surface area contributed by atoms with Crippen molar-refractivity contribution in [1.82, 2.24) is 5.32 Å². The number of carbonyl (C=O) groups is 1. The first-order valence-electron chi connectivity index (χ1n) is 6.34. The van der Waals surface area contributed by atoms with Crippen LogP contribution in [0.1, 0.15) is 24.1 Å². The van der Waals surface area contributed by atoms with Crippen molar-refractivity contribution < 1.29 is 4.79 Å². The van der Waals surface area contributed by atoms with E-state index in [1.54, 1.807) is 12.1 Å². The molecule has 2 nitrogen and oxygen atoms in total. The minimum atomic E-state index is -0.157. The van der Waals surface area contributed by atoms with E-state index in [1.807, 2.05) is 43.3 Å². The van der Waals surface area contributed by atoms with Gasteiger partial charge in [-0.1, -0.05) is 59.6 Å². The van der Waals surface area contributed by atoms with Crippen molar-refractivity contribution in [3.05, 3.63) is 69.7 Å². The second kappa shape index (κ2) is 6.78. The molecular formula is C16H15Cl2NO.